The lowest BCUT2D eigenvalue weighted by Gasteiger charge is -2.32. The second-order valence-electron chi connectivity index (χ2n) is 10.5. The van der Waals surface area contributed by atoms with Crippen molar-refractivity contribution >= 4 is 38.6 Å². The number of rotatable bonds is 9. The number of carbonyl (C=O) groups is 1. The van der Waals surface area contributed by atoms with Gasteiger partial charge in [0.15, 0.2) is 0 Å². The Bertz CT molecular complexity index is 1610. The zero-order valence-electron chi connectivity index (χ0n) is 24.6. The van der Waals surface area contributed by atoms with Crippen LogP contribution in [0.25, 0.3) is 16.6 Å². The number of anilines is 1. The van der Waals surface area contributed by atoms with Gasteiger partial charge >= 0.3 is 6.03 Å². The van der Waals surface area contributed by atoms with Gasteiger partial charge in [-0.05, 0) is 72.3 Å². The van der Waals surface area contributed by atoms with Crippen molar-refractivity contribution in [2.75, 3.05) is 26.1 Å². The average molecular weight is 622 g/mol. The van der Waals surface area contributed by atoms with E-state index in [9.17, 15) is 9.59 Å². The Hall–Kier alpha value is -3.85. The lowest BCUT2D eigenvalue weighted by atomic mass is 10.1. The molecule has 0 spiro atoms. The minimum Gasteiger partial charge on any atom is -0.497 e. The number of amides is 2. The largest absolute Gasteiger partial charge is 0.497 e. The lowest BCUT2D eigenvalue weighted by molar-refractivity contribution is 0.185. The summed E-state index contributed by atoms with van der Waals surface area (Å²) in [6.45, 7) is 10.6. The molecule has 4 aromatic rings. The highest BCUT2D eigenvalue weighted by Crippen LogP contribution is 2.37. The fraction of sp³-hybridized carbons (Fsp3) is 0.344. The number of hydrogen-bond donors (Lipinski definition) is 1. The summed E-state index contributed by atoms with van der Waals surface area (Å²) >= 11 is 3.64. The molecular weight excluding hydrogens is 584 g/mol. The third-order valence-corrected chi connectivity index (χ3v) is 8.05. The van der Waals surface area contributed by atoms with E-state index in [1.54, 1.807) is 41.9 Å². The van der Waals surface area contributed by atoms with Gasteiger partial charge in [-0.1, -0.05) is 44.2 Å². The zero-order chi connectivity index (χ0) is 29.8. The standard InChI is InChI=1S/C32H37BrN4O4/c1-19(2)15-16-36(32(39)35-29-20(3)11-10-12-21(29)4)22(5)30-34-25-14-9-8-13-24(25)31(38)37(30)26-17-23(40-6)18-27(41-7)28(26)33/h8-14,17-19,22H,15-16H2,1-7H3,(H,35,39). The molecule has 41 heavy (non-hydrogen) atoms. The first-order chi connectivity index (χ1) is 19.6. The maximum atomic E-state index is 14.1. The summed E-state index contributed by atoms with van der Waals surface area (Å²) in [7, 11) is 3.11. The Balaban J connectivity index is 1.93. The topological polar surface area (TPSA) is 85.7 Å². The molecule has 9 heteroatoms. The molecule has 2 amide bonds. The monoisotopic (exact) mass is 620 g/mol. The molecule has 0 fully saturated rings. The molecule has 1 atom stereocenters. The van der Waals surface area contributed by atoms with Gasteiger partial charge in [0, 0.05) is 24.4 Å². The number of nitrogens with one attached hydrogen (secondary N) is 1. The highest BCUT2D eigenvalue weighted by atomic mass is 79.9. The van der Waals surface area contributed by atoms with Gasteiger partial charge in [0.2, 0.25) is 0 Å². The molecule has 8 nitrogen and oxygen atoms in total. The normalized spacial score (nSPS) is 11.9. The second-order valence-corrected chi connectivity index (χ2v) is 11.3. The van der Waals surface area contributed by atoms with Crippen LogP contribution in [0.4, 0.5) is 10.5 Å². The molecule has 3 aromatic carbocycles. The van der Waals surface area contributed by atoms with E-state index >= 15 is 0 Å². The van der Waals surface area contributed by atoms with Crippen LogP contribution in [0.2, 0.25) is 0 Å². The SMILES string of the molecule is COc1cc(OC)c(Br)c(-n2c(C(C)N(CCC(C)C)C(=O)Nc3c(C)cccc3C)nc3ccccc3c2=O)c1. The molecule has 1 unspecified atom stereocenters. The van der Waals surface area contributed by atoms with Crippen LogP contribution in [-0.2, 0) is 0 Å². The number of hydrogen-bond acceptors (Lipinski definition) is 5. The summed E-state index contributed by atoms with van der Waals surface area (Å²) in [6, 6.07) is 15.8. The molecule has 0 aliphatic heterocycles. The lowest BCUT2D eigenvalue weighted by Crippen LogP contribution is -2.41. The third kappa shape index (κ3) is 6.25. The number of halogens is 1. The van der Waals surface area contributed by atoms with Crippen LogP contribution < -0.4 is 20.3 Å². The van der Waals surface area contributed by atoms with E-state index in [2.05, 4.69) is 35.1 Å². The quantitative estimate of drug-likeness (QED) is 0.210. The van der Waals surface area contributed by atoms with Crippen molar-refractivity contribution in [3.05, 3.63) is 86.4 Å². The number of methoxy groups -OCH3 is 2. The molecule has 1 N–H and O–H groups in total. The van der Waals surface area contributed by atoms with Crippen molar-refractivity contribution in [3.63, 3.8) is 0 Å². The smallest absolute Gasteiger partial charge is 0.322 e. The Labute approximate surface area is 249 Å². The molecule has 0 aliphatic rings. The van der Waals surface area contributed by atoms with Crippen LogP contribution in [0.5, 0.6) is 11.5 Å². The van der Waals surface area contributed by atoms with Gasteiger partial charge in [0.25, 0.3) is 5.56 Å². The summed E-state index contributed by atoms with van der Waals surface area (Å²) in [5.74, 6) is 1.80. The highest BCUT2D eigenvalue weighted by Gasteiger charge is 2.29. The Morgan fingerprint density at radius 1 is 1.02 bits per heavy atom. The van der Waals surface area contributed by atoms with Crippen LogP contribution in [0, 0.1) is 19.8 Å². The molecule has 4 rings (SSSR count). The summed E-state index contributed by atoms with van der Waals surface area (Å²) in [5, 5.41) is 3.60. The van der Waals surface area contributed by atoms with E-state index in [-0.39, 0.29) is 11.6 Å². The van der Waals surface area contributed by atoms with E-state index in [1.807, 2.05) is 57.2 Å². The number of ether oxygens (including phenoxy) is 2. The molecule has 0 saturated carbocycles. The van der Waals surface area contributed by atoms with Gasteiger partial charge in [0.05, 0.1) is 41.3 Å². The highest BCUT2D eigenvalue weighted by molar-refractivity contribution is 9.10. The van der Waals surface area contributed by atoms with Crippen molar-refractivity contribution in [3.8, 4) is 17.2 Å². The first-order valence-corrected chi connectivity index (χ1v) is 14.4. The number of aryl methyl sites for hydroxylation is 2. The second kappa shape index (κ2) is 12.8. The third-order valence-electron chi connectivity index (χ3n) is 7.25. The molecule has 0 radical (unpaired) electrons. The fourth-order valence-corrected chi connectivity index (χ4v) is 5.42. The first kappa shape index (κ1) is 30.1. The van der Waals surface area contributed by atoms with Gasteiger partial charge < -0.3 is 19.7 Å². The molecule has 0 bridgehead atoms. The average Bonchev–Trinajstić information content (AvgIpc) is 2.95. The van der Waals surface area contributed by atoms with Gasteiger partial charge in [-0.3, -0.25) is 9.36 Å². The summed E-state index contributed by atoms with van der Waals surface area (Å²) in [5.41, 5.74) is 3.53. The van der Waals surface area contributed by atoms with E-state index in [1.165, 1.54) is 0 Å². The fourth-order valence-electron chi connectivity index (χ4n) is 4.85. The van der Waals surface area contributed by atoms with E-state index in [0.717, 1.165) is 23.2 Å². The van der Waals surface area contributed by atoms with Gasteiger partial charge in [-0.15, -0.1) is 0 Å². The Morgan fingerprint density at radius 2 is 1.71 bits per heavy atom. The van der Waals surface area contributed by atoms with Crippen molar-refractivity contribution in [2.45, 2.75) is 47.1 Å². The van der Waals surface area contributed by atoms with Crippen molar-refractivity contribution in [1.82, 2.24) is 14.5 Å². The number of fused-ring (bicyclic) bond motifs is 1. The number of aromatic nitrogens is 2. The van der Waals surface area contributed by atoms with E-state index in [0.29, 0.717) is 50.8 Å². The van der Waals surface area contributed by atoms with Crippen LogP contribution >= 0.6 is 15.9 Å². The molecule has 1 heterocycles. The molecule has 216 valence electrons. The van der Waals surface area contributed by atoms with Crippen LogP contribution in [0.15, 0.2) is 63.9 Å². The van der Waals surface area contributed by atoms with E-state index < -0.39 is 6.04 Å². The van der Waals surface area contributed by atoms with Crippen molar-refractivity contribution < 1.29 is 14.3 Å². The van der Waals surface area contributed by atoms with Gasteiger partial charge in [-0.2, -0.15) is 0 Å². The van der Waals surface area contributed by atoms with Gasteiger partial charge in [0.1, 0.15) is 17.3 Å². The molecule has 0 saturated heterocycles. The minimum atomic E-state index is -0.570. The Kier molecular flexibility index (Phi) is 9.38. The summed E-state index contributed by atoms with van der Waals surface area (Å²) in [6.07, 6.45) is 0.777. The summed E-state index contributed by atoms with van der Waals surface area (Å²) in [4.78, 5) is 34.8. The first-order valence-electron chi connectivity index (χ1n) is 13.6. The number of benzene rings is 3. The Morgan fingerprint density at radius 3 is 2.34 bits per heavy atom. The van der Waals surface area contributed by atoms with Crippen LogP contribution in [0.3, 0.4) is 0 Å². The number of nitrogens with zero attached hydrogens (tertiary/aromatic N) is 3. The van der Waals surface area contributed by atoms with Crippen molar-refractivity contribution in [2.24, 2.45) is 5.92 Å². The predicted molar refractivity (Wildman–Crippen MR) is 168 cm³/mol. The molecular formula is C32H37BrN4O4. The van der Waals surface area contributed by atoms with Gasteiger partial charge in [-0.25, -0.2) is 9.78 Å². The number of carbonyl (C=O) groups excluding carboxylic acids is 1. The minimum absolute atomic E-state index is 0.257. The zero-order valence-corrected chi connectivity index (χ0v) is 26.2. The number of para-hydroxylation sites is 2. The molecule has 1 aromatic heterocycles. The van der Waals surface area contributed by atoms with Crippen LogP contribution in [-0.4, -0.2) is 41.2 Å². The maximum Gasteiger partial charge on any atom is 0.322 e. The van der Waals surface area contributed by atoms with Crippen molar-refractivity contribution in [1.29, 1.82) is 0 Å². The molecule has 0 aliphatic carbocycles. The maximum absolute atomic E-state index is 14.1. The number of urea groups is 1. The van der Waals surface area contributed by atoms with E-state index in [4.69, 9.17) is 14.5 Å². The summed E-state index contributed by atoms with van der Waals surface area (Å²) < 4.78 is 13.2. The van der Waals surface area contributed by atoms with Crippen LogP contribution in [0.1, 0.15) is 50.2 Å². The predicted octanol–water partition coefficient (Wildman–Crippen LogP) is 7.42.